The molecule has 131 valence electrons. The Hall–Kier alpha value is -1.01. The lowest BCUT2D eigenvalue weighted by molar-refractivity contribution is -0.0897. The van der Waals surface area contributed by atoms with Gasteiger partial charge < -0.3 is 19.8 Å². The molecule has 0 spiro atoms. The van der Waals surface area contributed by atoms with E-state index in [4.69, 9.17) is 9.39 Å². The number of amides is 1. The van der Waals surface area contributed by atoms with Gasteiger partial charge in [0.15, 0.2) is 0 Å². The highest BCUT2D eigenvalue weighted by Gasteiger charge is 2.36. The second-order valence-corrected chi connectivity index (χ2v) is 8.20. The summed E-state index contributed by atoms with van der Waals surface area (Å²) in [6.45, 7) is 12.7. The highest BCUT2D eigenvalue weighted by Crippen LogP contribution is 2.26. The first-order valence-electron chi connectivity index (χ1n) is 8.22. The number of carbonyl (C=O) groups is 1. The number of ether oxygens (including phenoxy) is 1. The zero-order chi connectivity index (χ0) is 17.9. The fourth-order valence-corrected chi connectivity index (χ4v) is 1.93. The van der Waals surface area contributed by atoms with Crippen LogP contribution in [0.3, 0.4) is 0 Å². The van der Waals surface area contributed by atoms with Gasteiger partial charge in [-0.15, -0.1) is 0 Å². The number of rotatable bonds is 5. The van der Waals surface area contributed by atoms with Crippen molar-refractivity contribution in [2.24, 2.45) is 0 Å². The molecule has 1 aliphatic carbocycles. The Bertz CT molecular complexity index is 446. The number of alkyl carbamates (subject to hydrolysis) is 1. The molecule has 0 heterocycles. The molecule has 1 unspecified atom stereocenters. The minimum absolute atomic E-state index is 0.0873. The van der Waals surface area contributed by atoms with E-state index in [0.717, 1.165) is 24.7 Å². The van der Waals surface area contributed by atoms with Crippen LogP contribution < -0.4 is 5.32 Å². The summed E-state index contributed by atoms with van der Waals surface area (Å²) in [6, 6.07) is 0.0873. The van der Waals surface area contributed by atoms with Gasteiger partial charge in [-0.05, 0) is 67.7 Å². The maximum Gasteiger partial charge on any atom is 0.407 e. The monoisotopic (exact) mass is 324 g/mol. The fourth-order valence-electron chi connectivity index (χ4n) is 1.93. The van der Waals surface area contributed by atoms with Crippen molar-refractivity contribution in [1.82, 2.24) is 5.32 Å². The van der Waals surface area contributed by atoms with E-state index in [2.05, 4.69) is 11.4 Å². The third-order valence-corrected chi connectivity index (χ3v) is 4.15. The number of allylic oxidation sites excluding steroid dienone is 1. The van der Waals surface area contributed by atoms with Crippen molar-refractivity contribution in [3.63, 3.8) is 0 Å². The van der Waals surface area contributed by atoms with Gasteiger partial charge >= 0.3 is 13.6 Å². The van der Waals surface area contributed by atoms with Gasteiger partial charge in [-0.3, -0.25) is 0 Å². The maximum atomic E-state index is 11.8. The van der Waals surface area contributed by atoms with Crippen molar-refractivity contribution >= 4 is 13.6 Å². The number of aliphatic hydroxyl groups is 1. The van der Waals surface area contributed by atoms with E-state index in [1.165, 1.54) is 0 Å². The molecule has 0 saturated carbocycles. The molecular formula is C17H31BNO4. The molecule has 6 heteroatoms. The maximum absolute atomic E-state index is 11.8. The third-order valence-electron chi connectivity index (χ3n) is 4.15. The molecule has 1 rings (SSSR count). The lowest BCUT2D eigenvalue weighted by atomic mass is 9.76. The van der Waals surface area contributed by atoms with E-state index in [-0.39, 0.29) is 12.1 Å². The van der Waals surface area contributed by atoms with Crippen LogP contribution in [0.15, 0.2) is 11.5 Å². The Labute approximate surface area is 141 Å². The van der Waals surface area contributed by atoms with Crippen LogP contribution in [0.25, 0.3) is 0 Å². The molecule has 1 atom stereocenters. The Morgan fingerprint density at radius 3 is 2.30 bits per heavy atom. The summed E-state index contributed by atoms with van der Waals surface area (Å²) >= 11 is 0. The van der Waals surface area contributed by atoms with Crippen molar-refractivity contribution in [1.29, 1.82) is 0 Å². The van der Waals surface area contributed by atoms with E-state index in [9.17, 15) is 9.90 Å². The van der Waals surface area contributed by atoms with Crippen LogP contribution in [0.2, 0.25) is 0 Å². The van der Waals surface area contributed by atoms with E-state index in [1.54, 1.807) is 21.3 Å². The average Bonchev–Trinajstić information content (AvgIpc) is 2.34. The second kappa shape index (κ2) is 7.26. The molecule has 1 radical (unpaired) electrons. The van der Waals surface area contributed by atoms with Crippen molar-refractivity contribution in [2.45, 2.75) is 90.6 Å². The standard InChI is InChI=1S/C17H31BNO4/c1-15(2,3)22-14(20)19-13-10-8-12(9-11-13)18-23-17(6,7)16(4,5)21/h8,13,21H,9-11H2,1-7H3,(H,19,20). The lowest BCUT2D eigenvalue weighted by Crippen LogP contribution is -2.48. The normalized spacial score (nSPS) is 19.8. The van der Waals surface area contributed by atoms with Gasteiger partial charge in [0.1, 0.15) is 5.60 Å². The first-order valence-corrected chi connectivity index (χ1v) is 8.22. The largest absolute Gasteiger partial charge is 0.444 e. The molecule has 0 aromatic carbocycles. The second-order valence-electron chi connectivity index (χ2n) is 8.20. The van der Waals surface area contributed by atoms with E-state index >= 15 is 0 Å². The predicted octanol–water partition coefficient (Wildman–Crippen LogP) is 3.13. The Morgan fingerprint density at radius 1 is 1.26 bits per heavy atom. The Balaban J connectivity index is 2.43. The van der Waals surface area contributed by atoms with E-state index in [0.29, 0.717) is 0 Å². The summed E-state index contributed by atoms with van der Waals surface area (Å²) in [5.74, 6) is 0. The number of nitrogens with one attached hydrogen (secondary N) is 1. The molecule has 5 nitrogen and oxygen atoms in total. The summed E-state index contributed by atoms with van der Waals surface area (Å²) in [5, 5.41) is 13.0. The van der Waals surface area contributed by atoms with Gasteiger partial charge in [-0.2, -0.15) is 0 Å². The summed E-state index contributed by atoms with van der Waals surface area (Å²) < 4.78 is 11.0. The van der Waals surface area contributed by atoms with Crippen LogP contribution in [0, 0.1) is 0 Å². The minimum Gasteiger partial charge on any atom is -0.444 e. The van der Waals surface area contributed by atoms with Crippen molar-refractivity contribution in [2.75, 3.05) is 0 Å². The van der Waals surface area contributed by atoms with Gasteiger partial charge in [0.05, 0.1) is 11.2 Å². The molecule has 0 aliphatic heterocycles. The summed E-state index contributed by atoms with van der Waals surface area (Å²) in [4.78, 5) is 11.8. The van der Waals surface area contributed by atoms with Crippen LogP contribution in [-0.4, -0.2) is 41.5 Å². The lowest BCUT2D eigenvalue weighted by Gasteiger charge is -2.38. The predicted molar refractivity (Wildman–Crippen MR) is 92.3 cm³/mol. The molecule has 23 heavy (non-hydrogen) atoms. The first kappa shape index (κ1) is 20.0. The molecule has 0 aromatic heterocycles. The summed E-state index contributed by atoms with van der Waals surface area (Å²) in [6.07, 6.45) is 4.10. The van der Waals surface area contributed by atoms with Crippen LogP contribution in [0.1, 0.15) is 67.7 Å². The molecule has 1 aliphatic rings. The molecule has 0 fully saturated rings. The Morgan fingerprint density at radius 2 is 1.87 bits per heavy atom. The van der Waals surface area contributed by atoms with Crippen LogP contribution >= 0.6 is 0 Å². The van der Waals surface area contributed by atoms with Crippen molar-refractivity contribution < 1.29 is 19.3 Å². The van der Waals surface area contributed by atoms with Gasteiger partial charge in [-0.25, -0.2) is 4.79 Å². The zero-order valence-corrected chi connectivity index (χ0v) is 15.5. The Kier molecular flexibility index (Phi) is 6.33. The highest BCUT2D eigenvalue weighted by molar-refractivity contribution is 6.38. The van der Waals surface area contributed by atoms with Crippen LogP contribution in [0.5, 0.6) is 0 Å². The van der Waals surface area contributed by atoms with Gasteiger partial charge in [-0.1, -0.05) is 11.5 Å². The van der Waals surface area contributed by atoms with E-state index < -0.39 is 16.8 Å². The molecule has 1 amide bonds. The molecular weight excluding hydrogens is 293 g/mol. The fraction of sp³-hybridized carbons (Fsp3) is 0.824. The molecule has 0 bridgehead atoms. The number of carbonyl (C=O) groups excluding carboxylic acids is 1. The number of hydrogen-bond donors (Lipinski definition) is 2. The van der Waals surface area contributed by atoms with Crippen molar-refractivity contribution in [3.8, 4) is 0 Å². The number of hydrogen-bond acceptors (Lipinski definition) is 4. The van der Waals surface area contributed by atoms with Gasteiger partial charge in [0, 0.05) is 6.04 Å². The SMILES string of the molecule is CC(C)(C)OC(=O)NC1CC=C([B]OC(C)(C)C(C)(C)O)CC1. The van der Waals surface area contributed by atoms with Crippen LogP contribution in [0.4, 0.5) is 4.79 Å². The van der Waals surface area contributed by atoms with Crippen LogP contribution in [-0.2, 0) is 9.39 Å². The quantitative estimate of drug-likeness (QED) is 0.763. The first-order chi connectivity index (χ1) is 10.3. The minimum atomic E-state index is -0.931. The molecule has 0 aromatic rings. The van der Waals surface area contributed by atoms with Gasteiger partial charge in [0.25, 0.3) is 0 Å². The molecule has 2 N–H and O–H groups in total. The zero-order valence-electron chi connectivity index (χ0n) is 15.5. The molecule has 0 saturated heterocycles. The van der Waals surface area contributed by atoms with Crippen molar-refractivity contribution in [3.05, 3.63) is 11.5 Å². The smallest absolute Gasteiger partial charge is 0.407 e. The summed E-state index contributed by atoms with van der Waals surface area (Å²) in [5.41, 5.74) is -0.993. The highest BCUT2D eigenvalue weighted by atomic mass is 16.6. The van der Waals surface area contributed by atoms with E-state index in [1.807, 2.05) is 34.6 Å². The summed E-state index contributed by atoms with van der Waals surface area (Å²) in [7, 11) is 1.72. The third kappa shape index (κ3) is 6.96. The van der Waals surface area contributed by atoms with Gasteiger partial charge in [0.2, 0.25) is 0 Å². The average molecular weight is 324 g/mol. The topological polar surface area (TPSA) is 67.8 Å².